The molecule has 1 aromatic carbocycles. The molecule has 0 saturated carbocycles. The Balaban J connectivity index is 2.46. The lowest BCUT2D eigenvalue weighted by atomic mass is 9.89. The predicted octanol–water partition coefficient (Wildman–Crippen LogP) is 1.60. The number of nitrogens with zero attached hydrogens (tertiary/aromatic N) is 1. The molecule has 1 fully saturated rings. The van der Waals surface area contributed by atoms with E-state index in [1.54, 1.807) is 38.1 Å². The van der Waals surface area contributed by atoms with Crippen molar-refractivity contribution >= 4 is 17.7 Å². The largest absolute Gasteiger partial charge is 0.302 e. The summed E-state index contributed by atoms with van der Waals surface area (Å²) in [6, 6.07) is 6.41. The molecule has 1 aliphatic rings. The molecule has 0 unspecified atom stereocenters. The normalized spacial score (nSPS) is 19.4. The molecule has 0 radical (unpaired) electrons. The molecular weight excluding hydrogens is 234 g/mol. The van der Waals surface area contributed by atoms with Crippen LogP contribution in [-0.4, -0.2) is 10.8 Å². The molecule has 0 atom stereocenters. The van der Waals surface area contributed by atoms with Crippen molar-refractivity contribution in [3.8, 4) is 0 Å². The zero-order valence-electron chi connectivity index (χ0n) is 10.1. The molecule has 1 amide bonds. The molecule has 1 heterocycles. The molecule has 0 bridgehead atoms. The maximum atomic E-state index is 11.6. The molecule has 94 valence electrons. The number of amides is 1. The number of nitro groups is 1. The van der Waals surface area contributed by atoms with Crippen molar-refractivity contribution in [2.24, 2.45) is 5.41 Å². The van der Waals surface area contributed by atoms with Crippen molar-refractivity contribution in [3.05, 3.63) is 45.6 Å². The van der Waals surface area contributed by atoms with Gasteiger partial charge in [0.15, 0.2) is 0 Å². The number of carbonyl (C=O) groups is 1. The molecule has 6 nitrogen and oxygen atoms in total. The van der Waals surface area contributed by atoms with Crippen molar-refractivity contribution in [3.63, 3.8) is 0 Å². The minimum atomic E-state index is -0.719. The van der Waals surface area contributed by atoms with Gasteiger partial charge in [0.05, 0.1) is 15.9 Å². The third-order valence-corrected chi connectivity index (χ3v) is 2.98. The Morgan fingerprint density at radius 1 is 1.28 bits per heavy atom. The van der Waals surface area contributed by atoms with E-state index in [0.717, 1.165) is 0 Å². The van der Waals surface area contributed by atoms with Gasteiger partial charge in [-0.05, 0) is 26.0 Å². The Labute approximate surface area is 104 Å². The Morgan fingerprint density at radius 2 is 1.94 bits per heavy atom. The predicted molar refractivity (Wildman–Crippen MR) is 66.1 cm³/mol. The highest BCUT2D eigenvalue weighted by Gasteiger charge is 2.38. The SMILES string of the molecule is CC1(C)C(=O)NN/C1=C\c1ccccc1[N+](=O)[O-]. The fourth-order valence-corrected chi connectivity index (χ4v) is 1.71. The number of nitrogens with one attached hydrogen (secondary N) is 2. The number of para-hydroxylation sites is 1. The molecule has 1 saturated heterocycles. The molecule has 0 aromatic heterocycles. The second-order valence-corrected chi connectivity index (χ2v) is 4.58. The number of hydrogen-bond donors (Lipinski definition) is 2. The van der Waals surface area contributed by atoms with Crippen LogP contribution in [0, 0.1) is 15.5 Å². The van der Waals surface area contributed by atoms with Crippen LogP contribution in [0.25, 0.3) is 6.08 Å². The summed E-state index contributed by atoms with van der Waals surface area (Å²) >= 11 is 0. The second-order valence-electron chi connectivity index (χ2n) is 4.58. The van der Waals surface area contributed by atoms with Gasteiger partial charge >= 0.3 is 0 Å². The van der Waals surface area contributed by atoms with E-state index in [2.05, 4.69) is 10.9 Å². The average molecular weight is 247 g/mol. The highest BCUT2D eigenvalue weighted by molar-refractivity contribution is 5.89. The highest BCUT2D eigenvalue weighted by atomic mass is 16.6. The lowest BCUT2D eigenvalue weighted by Crippen LogP contribution is -2.28. The molecule has 0 aliphatic carbocycles. The van der Waals surface area contributed by atoms with E-state index >= 15 is 0 Å². The van der Waals surface area contributed by atoms with Gasteiger partial charge < -0.3 is 5.43 Å². The Hall–Kier alpha value is -2.37. The van der Waals surface area contributed by atoms with Gasteiger partial charge in [0.25, 0.3) is 5.69 Å². The van der Waals surface area contributed by atoms with E-state index in [0.29, 0.717) is 11.3 Å². The van der Waals surface area contributed by atoms with Crippen LogP contribution in [0.1, 0.15) is 19.4 Å². The molecule has 6 heteroatoms. The van der Waals surface area contributed by atoms with Gasteiger partial charge in [-0.15, -0.1) is 0 Å². The number of nitro benzene ring substituents is 1. The molecule has 1 aliphatic heterocycles. The van der Waals surface area contributed by atoms with Gasteiger partial charge in [-0.25, -0.2) is 0 Å². The first kappa shape index (κ1) is 12.1. The number of benzene rings is 1. The van der Waals surface area contributed by atoms with Gasteiger partial charge in [-0.1, -0.05) is 12.1 Å². The van der Waals surface area contributed by atoms with Crippen molar-refractivity contribution in [2.45, 2.75) is 13.8 Å². The summed E-state index contributed by atoms with van der Waals surface area (Å²) in [5.74, 6) is -0.160. The van der Waals surface area contributed by atoms with Crippen LogP contribution in [0.3, 0.4) is 0 Å². The van der Waals surface area contributed by atoms with Crippen LogP contribution >= 0.6 is 0 Å². The summed E-state index contributed by atoms with van der Waals surface area (Å²) in [6.45, 7) is 3.51. The first-order chi connectivity index (χ1) is 8.43. The average Bonchev–Trinajstić information content (AvgIpc) is 2.56. The van der Waals surface area contributed by atoms with Gasteiger partial charge in [0.2, 0.25) is 5.91 Å². The maximum absolute atomic E-state index is 11.6. The maximum Gasteiger partial charge on any atom is 0.276 e. The standard InChI is InChI=1S/C12H13N3O3/c1-12(2)10(13-14-11(12)16)7-8-5-3-4-6-9(8)15(17)18/h3-7,13H,1-2H3,(H,14,16)/b10-7-. The first-order valence-electron chi connectivity index (χ1n) is 5.45. The molecular formula is C12H13N3O3. The lowest BCUT2D eigenvalue weighted by molar-refractivity contribution is -0.385. The van der Waals surface area contributed by atoms with Crippen molar-refractivity contribution < 1.29 is 9.72 Å². The highest BCUT2D eigenvalue weighted by Crippen LogP contribution is 2.31. The zero-order valence-corrected chi connectivity index (χ0v) is 10.1. The summed E-state index contributed by atoms with van der Waals surface area (Å²) < 4.78 is 0. The van der Waals surface area contributed by atoms with Crippen molar-refractivity contribution in [1.82, 2.24) is 10.9 Å². The van der Waals surface area contributed by atoms with E-state index in [1.807, 2.05) is 0 Å². The van der Waals surface area contributed by atoms with Gasteiger partial charge in [-0.2, -0.15) is 0 Å². The third-order valence-electron chi connectivity index (χ3n) is 2.98. The summed E-state index contributed by atoms with van der Waals surface area (Å²) in [5.41, 5.74) is 5.63. The Morgan fingerprint density at radius 3 is 2.50 bits per heavy atom. The lowest BCUT2D eigenvalue weighted by Gasteiger charge is -2.14. The van der Waals surface area contributed by atoms with E-state index in [-0.39, 0.29) is 11.6 Å². The molecule has 18 heavy (non-hydrogen) atoms. The van der Waals surface area contributed by atoms with Crippen LogP contribution in [-0.2, 0) is 4.79 Å². The summed E-state index contributed by atoms with van der Waals surface area (Å²) in [5, 5.41) is 10.9. The second kappa shape index (κ2) is 4.14. The Kier molecular flexibility index (Phi) is 2.78. The number of hydrazine groups is 1. The number of hydrogen-bond acceptors (Lipinski definition) is 4. The zero-order chi connectivity index (χ0) is 13.3. The van der Waals surface area contributed by atoms with Gasteiger partial charge in [0.1, 0.15) is 0 Å². The minimum absolute atomic E-state index is 0.0157. The third kappa shape index (κ3) is 1.92. The van der Waals surface area contributed by atoms with Crippen LogP contribution < -0.4 is 10.9 Å². The van der Waals surface area contributed by atoms with Crippen LogP contribution in [0.4, 0.5) is 5.69 Å². The van der Waals surface area contributed by atoms with Crippen molar-refractivity contribution in [2.75, 3.05) is 0 Å². The van der Waals surface area contributed by atoms with Crippen molar-refractivity contribution in [1.29, 1.82) is 0 Å². The quantitative estimate of drug-likeness (QED) is 0.614. The van der Waals surface area contributed by atoms with Crippen LogP contribution in [0.5, 0.6) is 0 Å². The molecule has 2 N–H and O–H groups in total. The molecule has 0 spiro atoms. The topological polar surface area (TPSA) is 84.3 Å². The molecule has 1 aromatic rings. The van der Waals surface area contributed by atoms with E-state index in [4.69, 9.17) is 0 Å². The summed E-state index contributed by atoms with van der Waals surface area (Å²) in [4.78, 5) is 22.0. The Bertz CT molecular complexity index is 549. The smallest absolute Gasteiger partial charge is 0.276 e. The van der Waals surface area contributed by atoms with Crippen LogP contribution in [0.2, 0.25) is 0 Å². The minimum Gasteiger partial charge on any atom is -0.302 e. The number of rotatable bonds is 2. The van der Waals surface area contributed by atoms with Gasteiger partial charge in [0, 0.05) is 11.8 Å². The van der Waals surface area contributed by atoms with E-state index in [9.17, 15) is 14.9 Å². The van der Waals surface area contributed by atoms with Gasteiger partial charge in [-0.3, -0.25) is 20.3 Å². The number of carbonyl (C=O) groups excluding carboxylic acids is 1. The summed E-state index contributed by atoms with van der Waals surface area (Å²) in [7, 11) is 0. The van der Waals surface area contributed by atoms with E-state index < -0.39 is 10.3 Å². The first-order valence-corrected chi connectivity index (χ1v) is 5.45. The van der Waals surface area contributed by atoms with E-state index in [1.165, 1.54) is 6.07 Å². The molecule has 2 rings (SSSR count). The van der Waals surface area contributed by atoms with Crippen LogP contribution in [0.15, 0.2) is 30.0 Å². The monoisotopic (exact) mass is 247 g/mol. The fraction of sp³-hybridized carbons (Fsp3) is 0.250. The summed E-state index contributed by atoms with van der Waals surface area (Å²) in [6.07, 6.45) is 1.62. The fourth-order valence-electron chi connectivity index (χ4n) is 1.71.